The van der Waals surface area contributed by atoms with E-state index in [0.29, 0.717) is 34.0 Å². The fourth-order valence-electron chi connectivity index (χ4n) is 5.48. The Bertz CT molecular complexity index is 1600. The van der Waals surface area contributed by atoms with E-state index >= 15 is 0 Å². The summed E-state index contributed by atoms with van der Waals surface area (Å²) in [7, 11) is -3.41. The van der Waals surface area contributed by atoms with Crippen LogP contribution in [0.25, 0.3) is 0 Å². The Morgan fingerprint density at radius 2 is 1.53 bits per heavy atom. The number of nitrogens with one attached hydrogen (secondary N) is 1. The lowest BCUT2D eigenvalue weighted by Gasteiger charge is -2.47. The summed E-state index contributed by atoms with van der Waals surface area (Å²) < 4.78 is 30.6. The van der Waals surface area contributed by atoms with Crippen LogP contribution in [0.4, 0.5) is 0 Å². The summed E-state index contributed by atoms with van der Waals surface area (Å²) in [5.74, 6) is -1.74. The first-order valence-electron chi connectivity index (χ1n) is 14.7. The molecule has 2 amide bonds. The first kappa shape index (κ1) is 34.4. The number of nitrogens with zero attached hydrogens (tertiary/aromatic N) is 1. The molecule has 1 saturated heterocycles. The molecule has 4 atom stereocenters. The quantitative estimate of drug-likeness (QED) is 0.219. The molecular formula is C33H36Cl2N2O7S. The van der Waals surface area contributed by atoms with E-state index < -0.39 is 46.0 Å². The lowest BCUT2D eigenvalue weighted by atomic mass is 9.88. The summed E-state index contributed by atoms with van der Waals surface area (Å²) in [5, 5.41) is 12.9. The summed E-state index contributed by atoms with van der Waals surface area (Å²) in [6.45, 7) is 2.07. The number of carboxylic acid groups (broad SMARTS) is 1. The van der Waals surface area contributed by atoms with Gasteiger partial charge in [0.2, 0.25) is 5.91 Å². The van der Waals surface area contributed by atoms with Crippen LogP contribution in [0.3, 0.4) is 0 Å². The maximum Gasteiger partial charge on any atom is 0.303 e. The Morgan fingerprint density at radius 3 is 2.07 bits per heavy atom. The molecule has 1 aliphatic heterocycles. The highest BCUT2D eigenvalue weighted by atomic mass is 35.5. The molecule has 1 heterocycles. The van der Waals surface area contributed by atoms with E-state index in [2.05, 4.69) is 5.32 Å². The Morgan fingerprint density at radius 1 is 0.956 bits per heavy atom. The van der Waals surface area contributed by atoms with Gasteiger partial charge in [0.1, 0.15) is 18.2 Å². The first-order valence-corrected chi connectivity index (χ1v) is 17.3. The lowest BCUT2D eigenvalue weighted by molar-refractivity contribution is -0.181. The molecule has 3 aromatic carbocycles. The Hall–Kier alpha value is -3.44. The summed E-state index contributed by atoms with van der Waals surface area (Å²) in [4.78, 5) is 41.0. The molecule has 0 unspecified atom stereocenters. The number of ether oxygens (including phenoxy) is 1. The van der Waals surface area contributed by atoms with Gasteiger partial charge >= 0.3 is 5.97 Å². The average molecular weight is 676 g/mol. The van der Waals surface area contributed by atoms with Crippen molar-refractivity contribution in [3.8, 4) is 0 Å². The average Bonchev–Trinajstić information content (AvgIpc) is 3.00. The van der Waals surface area contributed by atoms with Crippen molar-refractivity contribution in [3.63, 3.8) is 0 Å². The number of hydrogen-bond acceptors (Lipinski definition) is 6. The topological polar surface area (TPSA) is 130 Å². The monoisotopic (exact) mass is 674 g/mol. The fourth-order valence-corrected chi connectivity index (χ4v) is 6.36. The minimum Gasteiger partial charge on any atom is -0.481 e. The molecule has 240 valence electrons. The third kappa shape index (κ3) is 8.85. The number of hydrogen-bond donors (Lipinski definition) is 2. The van der Waals surface area contributed by atoms with Crippen LogP contribution in [0.1, 0.15) is 61.4 Å². The van der Waals surface area contributed by atoms with Gasteiger partial charge in [-0.3, -0.25) is 14.4 Å². The highest BCUT2D eigenvalue weighted by Gasteiger charge is 2.48. The molecule has 1 aliphatic rings. The molecule has 0 radical (unpaired) electrons. The zero-order valence-corrected chi connectivity index (χ0v) is 27.3. The molecule has 9 nitrogen and oxygen atoms in total. The minimum atomic E-state index is -3.41. The van der Waals surface area contributed by atoms with Crippen molar-refractivity contribution in [2.24, 2.45) is 0 Å². The number of halogens is 2. The minimum absolute atomic E-state index is 0.0958. The van der Waals surface area contributed by atoms with E-state index in [1.54, 1.807) is 53.4 Å². The smallest absolute Gasteiger partial charge is 0.303 e. The maximum absolute atomic E-state index is 14.5. The summed E-state index contributed by atoms with van der Waals surface area (Å²) >= 11 is 12.4. The number of benzene rings is 3. The molecule has 2 N–H and O–H groups in total. The van der Waals surface area contributed by atoms with Gasteiger partial charge in [-0.05, 0) is 65.9 Å². The predicted molar refractivity (Wildman–Crippen MR) is 172 cm³/mol. The van der Waals surface area contributed by atoms with Gasteiger partial charge in [0, 0.05) is 35.7 Å². The van der Waals surface area contributed by atoms with E-state index in [4.69, 9.17) is 33.0 Å². The number of carbonyl (C=O) groups is 3. The number of rotatable bonds is 13. The normalized spacial score (nSPS) is 19.2. The summed E-state index contributed by atoms with van der Waals surface area (Å²) in [5.41, 5.74) is 2.14. The van der Waals surface area contributed by atoms with Gasteiger partial charge in [0.25, 0.3) is 5.91 Å². The van der Waals surface area contributed by atoms with Gasteiger partial charge in [-0.15, -0.1) is 0 Å². The van der Waals surface area contributed by atoms with E-state index in [-0.39, 0.29) is 36.6 Å². The second-order valence-electron chi connectivity index (χ2n) is 11.1. The van der Waals surface area contributed by atoms with Crippen LogP contribution >= 0.6 is 23.2 Å². The SMILES string of the molecule is CCC[C@H](C(=O)NCCCC(=O)O)N1C(=O)[C@H](Cc2ccc(S(C)(=O)=O)cc2)O[C@@H](c2ccc(Cl)cc2)[C@H]1c1ccc(Cl)cc1. The van der Waals surface area contributed by atoms with Crippen LogP contribution in [0.2, 0.25) is 10.0 Å². The Kier molecular flexibility index (Phi) is 11.7. The van der Waals surface area contributed by atoms with Gasteiger partial charge < -0.3 is 20.1 Å². The van der Waals surface area contributed by atoms with Crippen molar-refractivity contribution in [1.82, 2.24) is 10.2 Å². The predicted octanol–water partition coefficient (Wildman–Crippen LogP) is 5.80. The maximum atomic E-state index is 14.5. The number of morpholine rings is 1. The molecule has 0 bridgehead atoms. The number of aliphatic carboxylic acids is 1. The molecule has 0 aliphatic carbocycles. The number of amides is 2. The molecule has 45 heavy (non-hydrogen) atoms. The Balaban J connectivity index is 1.79. The molecule has 1 fully saturated rings. The lowest BCUT2D eigenvalue weighted by Crippen LogP contribution is -2.59. The number of carboxylic acids is 1. The van der Waals surface area contributed by atoms with Crippen LogP contribution in [0.5, 0.6) is 0 Å². The largest absolute Gasteiger partial charge is 0.481 e. The first-order chi connectivity index (χ1) is 21.4. The third-order valence-corrected chi connectivity index (χ3v) is 9.31. The van der Waals surface area contributed by atoms with Gasteiger partial charge in [-0.1, -0.05) is 72.9 Å². The standard InChI is InChI=1S/C33H36Cl2N2O7S/c1-3-5-27(32(40)36-19-4-6-29(38)39)37-30(22-9-13-24(34)14-10-22)31(23-11-15-25(35)16-12-23)44-28(33(37)41)20-21-7-17-26(18-8-21)45(2,42)43/h7-18,27-28,30-31H,3-6,19-20H2,1-2H3,(H,36,40)(H,38,39)/t27-,28+,30-,31+/m1/s1. The zero-order chi connectivity index (χ0) is 32.7. The van der Waals surface area contributed by atoms with Gasteiger partial charge in [-0.25, -0.2) is 8.42 Å². The van der Waals surface area contributed by atoms with Crippen molar-refractivity contribution in [2.45, 2.75) is 68.2 Å². The molecule has 0 aromatic heterocycles. The molecule has 3 aromatic rings. The van der Waals surface area contributed by atoms with Crippen molar-refractivity contribution < 1.29 is 32.6 Å². The van der Waals surface area contributed by atoms with Crippen molar-refractivity contribution in [1.29, 1.82) is 0 Å². The highest BCUT2D eigenvalue weighted by Crippen LogP contribution is 2.44. The molecular weight excluding hydrogens is 639 g/mol. The highest BCUT2D eigenvalue weighted by molar-refractivity contribution is 7.90. The van der Waals surface area contributed by atoms with Gasteiger partial charge in [0.15, 0.2) is 9.84 Å². The molecule has 12 heteroatoms. The van der Waals surface area contributed by atoms with Crippen LogP contribution in [0, 0.1) is 0 Å². The second kappa shape index (κ2) is 15.2. The second-order valence-corrected chi connectivity index (χ2v) is 13.9. The molecule has 0 spiro atoms. The van der Waals surface area contributed by atoms with E-state index in [1.807, 2.05) is 19.1 Å². The zero-order valence-electron chi connectivity index (χ0n) is 25.0. The fraction of sp³-hybridized carbons (Fsp3) is 0.364. The van der Waals surface area contributed by atoms with Crippen molar-refractivity contribution in [2.75, 3.05) is 12.8 Å². The van der Waals surface area contributed by atoms with Crippen LogP contribution in [-0.2, 0) is 35.4 Å². The van der Waals surface area contributed by atoms with Crippen LogP contribution in [0.15, 0.2) is 77.7 Å². The molecule has 4 rings (SSSR count). The number of sulfone groups is 1. The molecule has 0 saturated carbocycles. The Labute approximate surface area is 273 Å². The van der Waals surface area contributed by atoms with Crippen molar-refractivity contribution in [3.05, 3.63) is 99.5 Å². The van der Waals surface area contributed by atoms with Gasteiger partial charge in [0.05, 0.1) is 10.9 Å². The van der Waals surface area contributed by atoms with E-state index in [9.17, 15) is 22.8 Å². The van der Waals surface area contributed by atoms with Crippen molar-refractivity contribution >= 4 is 50.8 Å². The van der Waals surface area contributed by atoms with Crippen LogP contribution < -0.4 is 5.32 Å². The third-order valence-electron chi connectivity index (χ3n) is 7.68. The summed E-state index contributed by atoms with van der Waals surface area (Å²) in [6.07, 6.45) is 0.645. The summed E-state index contributed by atoms with van der Waals surface area (Å²) in [6, 6.07) is 18.8. The van der Waals surface area contributed by atoms with Crippen LogP contribution in [-0.4, -0.2) is 61.2 Å². The van der Waals surface area contributed by atoms with Gasteiger partial charge in [-0.2, -0.15) is 0 Å². The van der Waals surface area contributed by atoms with E-state index in [0.717, 1.165) is 11.8 Å². The number of carbonyl (C=O) groups excluding carboxylic acids is 2. The van der Waals surface area contributed by atoms with E-state index in [1.165, 1.54) is 12.1 Å².